The molecule has 3 rings (SSSR count). The van der Waals surface area contributed by atoms with Crippen molar-refractivity contribution >= 4 is 47.4 Å². The molecule has 2 fully saturated rings. The number of halogens is 1. The largest absolute Gasteiger partial charge is 0.368 e. The summed E-state index contributed by atoms with van der Waals surface area (Å²) < 4.78 is 5.43. The van der Waals surface area contributed by atoms with Gasteiger partial charge in [-0.05, 0) is 37.0 Å². The maximum absolute atomic E-state index is 12.2. The van der Waals surface area contributed by atoms with Crippen molar-refractivity contribution in [3.8, 4) is 0 Å². The van der Waals surface area contributed by atoms with Gasteiger partial charge in [0.25, 0.3) is 5.91 Å². The molecule has 1 aromatic carbocycles. The molecule has 0 aromatic heterocycles. The molecule has 9 heteroatoms. The third kappa shape index (κ3) is 6.83. The Kier molecular flexibility index (Phi) is 9.83. The molecule has 2 amide bonds. The third-order valence-electron chi connectivity index (χ3n) is 5.28. The quantitative estimate of drug-likeness (QED) is 0.298. The zero-order valence-corrected chi connectivity index (χ0v) is 20.0. The molecule has 1 aromatic rings. The van der Waals surface area contributed by atoms with Crippen LogP contribution in [0.4, 0.5) is 5.69 Å². The molecular weight excluding hydrogens is 497 g/mol. The van der Waals surface area contributed by atoms with Gasteiger partial charge >= 0.3 is 0 Å². The van der Waals surface area contributed by atoms with Crippen LogP contribution in [0.1, 0.15) is 38.2 Å². The summed E-state index contributed by atoms with van der Waals surface area (Å²) in [5.74, 6) is 0.811. The van der Waals surface area contributed by atoms with E-state index in [1.165, 1.54) is 0 Å². The molecule has 30 heavy (non-hydrogen) atoms. The van der Waals surface area contributed by atoms with Gasteiger partial charge in [0, 0.05) is 51.4 Å². The Balaban J connectivity index is 0.00000320. The Morgan fingerprint density at radius 3 is 2.83 bits per heavy atom. The van der Waals surface area contributed by atoms with Gasteiger partial charge in [-0.2, -0.15) is 0 Å². The third-order valence-corrected chi connectivity index (χ3v) is 5.28. The number of anilines is 1. The number of carbonyl (C=O) groups excluding carboxylic acids is 2. The summed E-state index contributed by atoms with van der Waals surface area (Å²) in [7, 11) is 1.73. The fourth-order valence-corrected chi connectivity index (χ4v) is 3.67. The molecule has 2 aliphatic heterocycles. The maximum atomic E-state index is 12.2. The molecule has 0 aliphatic carbocycles. The van der Waals surface area contributed by atoms with Gasteiger partial charge in [-0.1, -0.05) is 19.1 Å². The smallest absolute Gasteiger partial charge is 0.253 e. The number of hydrogen-bond donors (Lipinski definition) is 3. The number of benzene rings is 1. The van der Waals surface area contributed by atoms with E-state index in [-0.39, 0.29) is 47.9 Å². The van der Waals surface area contributed by atoms with Crippen molar-refractivity contribution < 1.29 is 14.3 Å². The highest BCUT2D eigenvalue weighted by Crippen LogP contribution is 2.16. The second-order valence-corrected chi connectivity index (χ2v) is 7.44. The van der Waals surface area contributed by atoms with Crippen LogP contribution in [0.2, 0.25) is 0 Å². The number of rotatable bonds is 6. The molecular formula is C21H32IN5O3. The van der Waals surface area contributed by atoms with Gasteiger partial charge < -0.3 is 25.6 Å². The van der Waals surface area contributed by atoms with Crippen LogP contribution in [0, 0.1) is 0 Å². The molecule has 0 saturated carbocycles. The molecule has 0 radical (unpaired) electrons. The number of carbonyl (C=O) groups is 2. The first-order valence-corrected chi connectivity index (χ1v) is 10.4. The molecule has 2 aliphatic rings. The lowest BCUT2D eigenvalue weighted by molar-refractivity contribution is -0.129. The minimum Gasteiger partial charge on any atom is -0.368 e. The summed E-state index contributed by atoms with van der Waals surface area (Å²) in [5, 5.41) is 9.62. The predicted molar refractivity (Wildman–Crippen MR) is 128 cm³/mol. The lowest BCUT2D eigenvalue weighted by Gasteiger charge is -2.19. The standard InChI is InChI=1S/C21H31N5O3.HI/c1-3-19(27)26-10-9-17(14-26)25-21(22-2)23-13-15-6-4-7-16(12-15)24-20(28)18-8-5-11-29-18;/h4,6-7,12,17-18H,3,5,8-11,13-14H2,1-2H3,(H,24,28)(H2,22,23,25);1H. The van der Waals surface area contributed by atoms with Crippen molar-refractivity contribution in [1.82, 2.24) is 15.5 Å². The number of ether oxygens (including phenoxy) is 1. The summed E-state index contributed by atoms with van der Waals surface area (Å²) in [4.78, 5) is 30.2. The highest BCUT2D eigenvalue weighted by atomic mass is 127. The van der Waals surface area contributed by atoms with E-state index in [4.69, 9.17) is 4.74 Å². The molecule has 2 heterocycles. The van der Waals surface area contributed by atoms with Gasteiger partial charge in [-0.3, -0.25) is 14.6 Å². The number of nitrogens with zero attached hydrogens (tertiary/aromatic N) is 2. The molecule has 2 saturated heterocycles. The van der Waals surface area contributed by atoms with Crippen molar-refractivity contribution in [3.05, 3.63) is 29.8 Å². The highest BCUT2D eigenvalue weighted by molar-refractivity contribution is 14.0. The molecule has 3 N–H and O–H groups in total. The topological polar surface area (TPSA) is 95.1 Å². The van der Waals surface area contributed by atoms with E-state index in [1.807, 2.05) is 36.1 Å². The summed E-state index contributed by atoms with van der Waals surface area (Å²) in [6.07, 6.45) is 2.82. The molecule has 166 valence electrons. The second-order valence-electron chi connectivity index (χ2n) is 7.44. The van der Waals surface area contributed by atoms with Crippen LogP contribution in [0.3, 0.4) is 0 Å². The van der Waals surface area contributed by atoms with Gasteiger partial charge in [0.1, 0.15) is 6.10 Å². The van der Waals surface area contributed by atoms with Gasteiger partial charge in [-0.25, -0.2) is 0 Å². The second kappa shape index (κ2) is 12.1. The monoisotopic (exact) mass is 529 g/mol. The Hall–Kier alpha value is -1.88. The summed E-state index contributed by atoms with van der Waals surface area (Å²) in [6, 6.07) is 7.95. The van der Waals surface area contributed by atoms with Crippen LogP contribution in [0.15, 0.2) is 29.3 Å². The van der Waals surface area contributed by atoms with E-state index in [0.717, 1.165) is 37.1 Å². The van der Waals surface area contributed by atoms with Gasteiger partial charge in [0.2, 0.25) is 5.91 Å². The van der Waals surface area contributed by atoms with Crippen molar-refractivity contribution in [3.63, 3.8) is 0 Å². The number of hydrogen-bond acceptors (Lipinski definition) is 4. The molecule has 2 unspecified atom stereocenters. The van der Waals surface area contributed by atoms with Gasteiger partial charge in [0.05, 0.1) is 0 Å². The summed E-state index contributed by atoms with van der Waals surface area (Å²) >= 11 is 0. The van der Waals surface area contributed by atoms with Crippen LogP contribution >= 0.6 is 24.0 Å². The zero-order chi connectivity index (χ0) is 20.6. The first-order chi connectivity index (χ1) is 14.1. The van der Waals surface area contributed by atoms with E-state index in [1.54, 1.807) is 7.05 Å². The van der Waals surface area contributed by atoms with Crippen molar-refractivity contribution in [2.24, 2.45) is 4.99 Å². The first kappa shape index (κ1) is 24.4. The molecule has 2 atom stereocenters. The Morgan fingerprint density at radius 2 is 2.13 bits per heavy atom. The number of nitrogens with one attached hydrogen (secondary N) is 3. The minimum absolute atomic E-state index is 0. The lowest BCUT2D eigenvalue weighted by atomic mass is 10.2. The van der Waals surface area contributed by atoms with Crippen LogP contribution < -0.4 is 16.0 Å². The van der Waals surface area contributed by atoms with Crippen LogP contribution in [0.5, 0.6) is 0 Å². The maximum Gasteiger partial charge on any atom is 0.253 e. The molecule has 0 bridgehead atoms. The summed E-state index contributed by atoms with van der Waals surface area (Å²) in [6.45, 7) is 4.61. The Morgan fingerprint density at radius 1 is 1.30 bits per heavy atom. The predicted octanol–water partition coefficient (Wildman–Crippen LogP) is 2.10. The number of aliphatic imine (C=N–C) groups is 1. The van der Waals surface area contributed by atoms with Crippen molar-refractivity contribution in [1.29, 1.82) is 0 Å². The first-order valence-electron chi connectivity index (χ1n) is 10.4. The average Bonchev–Trinajstić information content (AvgIpc) is 3.43. The van der Waals surface area contributed by atoms with E-state index in [2.05, 4.69) is 20.9 Å². The molecule has 0 spiro atoms. The van der Waals surface area contributed by atoms with E-state index >= 15 is 0 Å². The lowest BCUT2D eigenvalue weighted by Crippen LogP contribution is -2.44. The SMILES string of the molecule is CCC(=O)N1CCC(NC(=NC)NCc2cccc(NC(=O)C3CCCO3)c2)C1.I. The highest BCUT2D eigenvalue weighted by Gasteiger charge is 2.26. The van der Waals surface area contributed by atoms with Crippen LogP contribution in [-0.2, 0) is 20.9 Å². The number of guanidine groups is 1. The van der Waals surface area contributed by atoms with Gasteiger partial charge in [-0.15, -0.1) is 24.0 Å². The minimum atomic E-state index is -0.342. The summed E-state index contributed by atoms with van der Waals surface area (Å²) in [5.41, 5.74) is 1.80. The number of likely N-dealkylation sites (tertiary alicyclic amines) is 1. The Labute approximate surface area is 195 Å². The van der Waals surface area contributed by atoms with E-state index in [9.17, 15) is 9.59 Å². The molecule has 8 nitrogen and oxygen atoms in total. The van der Waals surface area contributed by atoms with Crippen molar-refractivity contribution in [2.75, 3.05) is 32.1 Å². The van der Waals surface area contributed by atoms with E-state index in [0.29, 0.717) is 32.1 Å². The fraction of sp³-hybridized carbons (Fsp3) is 0.571. The van der Waals surface area contributed by atoms with Crippen molar-refractivity contribution in [2.45, 2.75) is 51.3 Å². The normalized spacial score (nSPS) is 21.1. The fourth-order valence-electron chi connectivity index (χ4n) is 3.67. The zero-order valence-electron chi connectivity index (χ0n) is 17.6. The van der Waals surface area contributed by atoms with Gasteiger partial charge in [0.15, 0.2) is 5.96 Å². The average molecular weight is 529 g/mol. The van der Waals surface area contributed by atoms with Crippen LogP contribution in [0.25, 0.3) is 0 Å². The van der Waals surface area contributed by atoms with E-state index < -0.39 is 0 Å². The van der Waals surface area contributed by atoms with Crippen LogP contribution in [-0.4, -0.2) is 61.6 Å². The Bertz CT molecular complexity index is 752. The number of amides is 2.